The molecule has 1 aromatic heterocycles. The Morgan fingerprint density at radius 3 is 2.83 bits per heavy atom. The van der Waals surface area contributed by atoms with Gasteiger partial charge in [-0.05, 0) is 6.42 Å². The lowest BCUT2D eigenvalue weighted by Crippen LogP contribution is -2.30. The number of rotatable bonds is 6. The van der Waals surface area contributed by atoms with E-state index in [1.165, 1.54) is 0 Å². The van der Waals surface area contributed by atoms with E-state index in [2.05, 4.69) is 15.3 Å². The number of nitrogens with one attached hydrogen (secondary N) is 1. The number of carboxylic acid groups (broad SMARTS) is 1. The molecule has 4 N–H and O–H groups in total. The summed E-state index contributed by atoms with van der Waals surface area (Å²) in [5.74, 6) is -1.39. The van der Waals surface area contributed by atoms with Crippen LogP contribution in [0.25, 0.3) is 0 Å². The minimum atomic E-state index is -1.04. The van der Waals surface area contributed by atoms with E-state index < -0.39 is 22.6 Å². The molecule has 98 valence electrons. The van der Waals surface area contributed by atoms with E-state index in [-0.39, 0.29) is 11.8 Å². The molecule has 1 unspecified atom stereocenters. The molecule has 0 bridgehead atoms. The highest BCUT2D eigenvalue weighted by atomic mass is 16.6. The Morgan fingerprint density at radius 2 is 2.39 bits per heavy atom. The van der Waals surface area contributed by atoms with E-state index in [1.54, 1.807) is 0 Å². The van der Waals surface area contributed by atoms with Crippen LogP contribution < -0.4 is 11.1 Å². The number of carbonyl (C=O) groups is 1. The number of nitro groups is 1. The Balaban J connectivity index is 2.88. The third-order valence-electron chi connectivity index (χ3n) is 2.17. The van der Waals surface area contributed by atoms with Gasteiger partial charge in [-0.15, -0.1) is 0 Å². The van der Waals surface area contributed by atoms with Crippen molar-refractivity contribution in [1.82, 2.24) is 9.97 Å². The number of nitrogen functional groups attached to an aromatic ring is 1. The Morgan fingerprint density at radius 1 is 1.72 bits per heavy atom. The fraction of sp³-hybridized carbons (Fsp3) is 0.444. The van der Waals surface area contributed by atoms with Crippen LogP contribution in [0, 0.1) is 10.1 Å². The average Bonchev–Trinajstić information content (AvgIpc) is 2.27. The number of hydrogen-bond acceptors (Lipinski definition) is 7. The van der Waals surface area contributed by atoms with Crippen LogP contribution in [-0.4, -0.2) is 32.0 Å². The van der Waals surface area contributed by atoms with Gasteiger partial charge < -0.3 is 16.2 Å². The summed E-state index contributed by atoms with van der Waals surface area (Å²) < 4.78 is 0. The fourth-order valence-electron chi connectivity index (χ4n) is 1.30. The lowest BCUT2D eigenvalue weighted by atomic mass is 10.2. The number of hydrogen-bond donors (Lipinski definition) is 3. The normalized spacial score (nSPS) is 11.8. The zero-order valence-electron chi connectivity index (χ0n) is 9.66. The number of aliphatic carboxylic acids is 1. The van der Waals surface area contributed by atoms with Crippen LogP contribution in [0.1, 0.15) is 19.8 Å². The fourth-order valence-corrected chi connectivity index (χ4v) is 1.30. The predicted molar refractivity (Wildman–Crippen MR) is 63.1 cm³/mol. The minimum Gasteiger partial charge on any atom is -0.480 e. The third kappa shape index (κ3) is 3.27. The maximum Gasteiger partial charge on any atom is 0.329 e. The van der Waals surface area contributed by atoms with Gasteiger partial charge in [-0.1, -0.05) is 13.3 Å². The monoisotopic (exact) mass is 255 g/mol. The molecule has 1 rings (SSSR count). The third-order valence-corrected chi connectivity index (χ3v) is 2.17. The molecule has 1 heterocycles. The second kappa shape index (κ2) is 5.75. The van der Waals surface area contributed by atoms with Crippen molar-refractivity contribution in [3.05, 3.63) is 16.3 Å². The molecule has 9 heteroatoms. The van der Waals surface area contributed by atoms with Gasteiger partial charge in [0.05, 0.1) is 4.92 Å². The summed E-state index contributed by atoms with van der Waals surface area (Å²) in [6.07, 6.45) is 1.98. The Hall–Kier alpha value is -2.45. The van der Waals surface area contributed by atoms with Gasteiger partial charge in [0.15, 0.2) is 0 Å². The highest BCUT2D eigenvalue weighted by molar-refractivity contribution is 5.76. The molecule has 0 aromatic carbocycles. The molecule has 1 atom stereocenters. The van der Waals surface area contributed by atoms with Crippen molar-refractivity contribution >= 4 is 23.4 Å². The molecule has 9 nitrogen and oxygen atoms in total. The molecule has 0 aliphatic carbocycles. The average molecular weight is 255 g/mol. The van der Waals surface area contributed by atoms with Gasteiger partial charge in [0.1, 0.15) is 12.2 Å². The first-order valence-electron chi connectivity index (χ1n) is 5.22. The summed E-state index contributed by atoms with van der Waals surface area (Å²) in [6.45, 7) is 1.84. The van der Waals surface area contributed by atoms with Crippen LogP contribution >= 0.6 is 0 Å². The van der Waals surface area contributed by atoms with E-state index in [4.69, 9.17) is 10.8 Å². The molecule has 0 saturated heterocycles. The molecular weight excluding hydrogens is 242 g/mol. The van der Waals surface area contributed by atoms with Crippen molar-refractivity contribution in [2.45, 2.75) is 25.8 Å². The van der Waals surface area contributed by atoms with Crippen molar-refractivity contribution in [1.29, 1.82) is 0 Å². The topological polar surface area (TPSA) is 144 Å². The number of anilines is 2. The lowest BCUT2D eigenvalue weighted by molar-refractivity contribution is -0.384. The first-order chi connectivity index (χ1) is 8.45. The summed E-state index contributed by atoms with van der Waals surface area (Å²) >= 11 is 0. The number of nitrogens with zero attached hydrogens (tertiary/aromatic N) is 3. The minimum absolute atomic E-state index is 0.0426. The number of carboxylic acids is 1. The molecule has 0 saturated carbocycles. The molecule has 18 heavy (non-hydrogen) atoms. The summed E-state index contributed by atoms with van der Waals surface area (Å²) in [4.78, 5) is 28.0. The predicted octanol–water partition coefficient (Wildman–Crippen LogP) is 0.632. The van der Waals surface area contributed by atoms with Gasteiger partial charge in [0, 0.05) is 0 Å². The molecule has 0 aliphatic rings. The van der Waals surface area contributed by atoms with E-state index in [0.717, 1.165) is 6.20 Å². The highest BCUT2D eigenvalue weighted by Crippen LogP contribution is 2.18. The van der Waals surface area contributed by atoms with Crippen molar-refractivity contribution in [2.24, 2.45) is 0 Å². The SMILES string of the molecule is CCCC(Nc1ncc([N+](=O)[O-])c(N)n1)C(=O)O. The van der Waals surface area contributed by atoms with Crippen molar-refractivity contribution in [3.8, 4) is 0 Å². The number of nitrogens with two attached hydrogens (primary N) is 1. The zero-order valence-corrected chi connectivity index (χ0v) is 9.66. The Kier molecular flexibility index (Phi) is 4.35. The summed E-state index contributed by atoms with van der Waals surface area (Å²) in [5.41, 5.74) is 4.95. The smallest absolute Gasteiger partial charge is 0.329 e. The summed E-state index contributed by atoms with van der Waals surface area (Å²) in [7, 11) is 0. The second-order valence-electron chi connectivity index (χ2n) is 3.55. The van der Waals surface area contributed by atoms with Crippen LogP contribution in [0.4, 0.5) is 17.5 Å². The first kappa shape index (κ1) is 13.6. The lowest BCUT2D eigenvalue weighted by Gasteiger charge is -2.13. The van der Waals surface area contributed by atoms with E-state index in [0.29, 0.717) is 12.8 Å². The Labute approximate surface area is 102 Å². The molecule has 1 aromatic rings. The molecule has 0 aliphatic heterocycles. The van der Waals surface area contributed by atoms with Gasteiger partial charge in [0.25, 0.3) is 0 Å². The van der Waals surface area contributed by atoms with Crippen molar-refractivity contribution in [2.75, 3.05) is 11.1 Å². The van der Waals surface area contributed by atoms with Crippen molar-refractivity contribution in [3.63, 3.8) is 0 Å². The summed E-state index contributed by atoms with van der Waals surface area (Å²) in [6, 6.07) is -0.851. The zero-order chi connectivity index (χ0) is 13.7. The van der Waals surface area contributed by atoms with Gasteiger partial charge >= 0.3 is 11.7 Å². The molecule has 0 radical (unpaired) electrons. The van der Waals surface area contributed by atoms with Crippen LogP contribution in [0.3, 0.4) is 0 Å². The van der Waals surface area contributed by atoms with Crippen molar-refractivity contribution < 1.29 is 14.8 Å². The molecule has 0 spiro atoms. The highest BCUT2D eigenvalue weighted by Gasteiger charge is 2.19. The summed E-state index contributed by atoms with van der Waals surface area (Å²) in [5, 5.41) is 22.0. The van der Waals surface area contributed by atoms with E-state index >= 15 is 0 Å². The van der Waals surface area contributed by atoms with Gasteiger partial charge in [-0.3, -0.25) is 10.1 Å². The largest absolute Gasteiger partial charge is 0.480 e. The standard InChI is InChI=1S/C9H13N5O4/c1-2-3-5(8(15)16)12-9-11-4-6(14(17)18)7(10)13-9/h4-5H,2-3H2,1H3,(H,15,16)(H3,10,11,12,13). The first-order valence-corrected chi connectivity index (χ1v) is 5.22. The van der Waals surface area contributed by atoms with E-state index in [1.807, 2.05) is 6.92 Å². The maximum atomic E-state index is 10.9. The second-order valence-corrected chi connectivity index (χ2v) is 3.55. The quantitative estimate of drug-likeness (QED) is 0.495. The van der Waals surface area contributed by atoms with Crippen LogP contribution in [0.15, 0.2) is 6.20 Å². The number of aromatic nitrogens is 2. The van der Waals surface area contributed by atoms with Gasteiger partial charge in [-0.25, -0.2) is 9.78 Å². The Bertz CT molecular complexity index is 464. The maximum absolute atomic E-state index is 10.9. The van der Waals surface area contributed by atoms with Gasteiger partial charge in [-0.2, -0.15) is 4.98 Å². The molecule has 0 fully saturated rings. The van der Waals surface area contributed by atoms with Crippen LogP contribution in [0.2, 0.25) is 0 Å². The van der Waals surface area contributed by atoms with Gasteiger partial charge in [0.2, 0.25) is 11.8 Å². The van der Waals surface area contributed by atoms with Crippen LogP contribution in [-0.2, 0) is 4.79 Å². The van der Waals surface area contributed by atoms with E-state index in [9.17, 15) is 14.9 Å². The molecule has 0 amide bonds. The molecular formula is C9H13N5O4. The van der Waals surface area contributed by atoms with Crippen LogP contribution in [0.5, 0.6) is 0 Å².